The fourth-order valence-electron chi connectivity index (χ4n) is 2.23. The molecule has 1 fully saturated rings. The fraction of sp³-hybridized carbons (Fsp3) is 0.533. The molecular formula is C15H21NOSe. The molecule has 0 spiro atoms. The van der Waals surface area contributed by atoms with Gasteiger partial charge in [-0.25, -0.2) is 0 Å². The molecule has 1 aromatic rings. The van der Waals surface area contributed by atoms with Crippen molar-refractivity contribution in [2.45, 2.75) is 35.8 Å². The first-order chi connectivity index (χ1) is 8.65. The van der Waals surface area contributed by atoms with Crippen LogP contribution in [0.25, 0.3) is 0 Å². The van der Waals surface area contributed by atoms with Crippen LogP contribution in [0.5, 0.6) is 0 Å². The van der Waals surface area contributed by atoms with Gasteiger partial charge in [-0.15, -0.1) is 0 Å². The van der Waals surface area contributed by atoms with Gasteiger partial charge in [0.25, 0.3) is 0 Å². The van der Waals surface area contributed by atoms with Crippen LogP contribution in [-0.4, -0.2) is 34.8 Å². The molecule has 1 aliphatic carbocycles. The maximum atomic E-state index is 11.4. The van der Waals surface area contributed by atoms with E-state index in [4.69, 9.17) is 0 Å². The Labute approximate surface area is 116 Å². The van der Waals surface area contributed by atoms with Crippen LogP contribution < -0.4 is 4.90 Å². The van der Waals surface area contributed by atoms with Gasteiger partial charge in [-0.3, -0.25) is 0 Å². The summed E-state index contributed by atoms with van der Waals surface area (Å²) in [7, 11) is 4.12. The van der Waals surface area contributed by atoms with E-state index in [1.165, 1.54) is 23.0 Å². The molecule has 0 N–H and O–H groups in total. The molecule has 3 heteroatoms. The second kappa shape index (κ2) is 6.40. The summed E-state index contributed by atoms with van der Waals surface area (Å²) < 4.78 is 0. The van der Waals surface area contributed by atoms with Crippen LogP contribution >= 0.6 is 0 Å². The van der Waals surface area contributed by atoms with Crippen molar-refractivity contribution in [3.05, 3.63) is 29.8 Å². The predicted molar refractivity (Wildman–Crippen MR) is 77.5 cm³/mol. The van der Waals surface area contributed by atoms with Crippen molar-refractivity contribution >= 4 is 26.4 Å². The summed E-state index contributed by atoms with van der Waals surface area (Å²) in [6.45, 7) is 0. The summed E-state index contributed by atoms with van der Waals surface area (Å²) in [4.78, 5) is 14.2. The van der Waals surface area contributed by atoms with E-state index in [2.05, 4.69) is 43.3 Å². The first kappa shape index (κ1) is 13.6. The molecule has 1 saturated carbocycles. The maximum absolute atomic E-state index is 11.4. The Kier molecular flexibility index (Phi) is 4.85. The van der Waals surface area contributed by atoms with Crippen molar-refractivity contribution in [3.63, 3.8) is 0 Å². The fourth-order valence-corrected chi connectivity index (χ4v) is 4.87. The van der Waals surface area contributed by atoms with Crippen molar-refractivity contribution in [1.82, 2.24) is 0 Å². The van der Waals surface area contributed by atoms with Crippen molar-refractivity contribution in [2.24, 2.45) is 0 Å². The van der Waals surface area contributed by atoms with E-state index >= 15 is 0 Å². The molecule has 98 valence electrons. The molecule has 0 saturated heterocycles. The van der Waals surface area contributed by atoms with Crippen LogP contribution in [0.3, 0.4) is 0 Å². The number of Topliss-reactive ketones (excluding diaryl/α,β-unsaturated/α-hetero) is 1. The molecule has 0 aliphatic heterocycles. The number of rotatable bonds is 4. The zero-order valence-electron chi connectivity index (χ0n) is 11.2. The normalized spacial score (nSPS) is 19.9. The van der Waals surface area contributed by atoms with Crippen LogP contribution in [0.15, 0.2) is 24.3 Å². The predicted octanol–water partition coefficient (Wildman–Crippen LogP) is 2.89. The van der Waals surface area contributed by atoms with E-state index < -0.39 is 0 Å². The number of nitrogens with zero attached hydrogens (tertiary/aromatic N) is 1. The number of ketones is 1. The van der Waals surface area contributed by atoms with E-state index in [0.29, 0.717) is 25.6 Å². The van der Waals surface area contributed by atoms with E-state index in [9.17, 15) is 4.79 Å². The van der Waals surface area contributed by atoms with Crippen LogP contribution in [-0.2, 0) is 10.1 Å². The number of carbonyl (C=O) groups is 1. The molecule has 1 aliphatic rings. The first-order valence-electron chi connectivity index (χ1n) is 6.55. The van der Waals surface area contributed by atoms with Crippen LogP contribution in [0.1, 0.15) is 31.2 Å². The Morgan fingerprint density at radius 1 is 1.28 bits per heavy atom. The van der Waals surface area contributed by atoms with Gasteiger partial charge in [-0.05, 0) is 0 Å². The van der Waals surface area contributed by atoms with Gasteiger partial charge in [-0.1, -0.05) is 0 Å². The molecule has 0 aromatic heterocycles. The average Bonchev–Trinajstić information content (AvgIpc) is 2.37. The second-order valence-corrected chi connectivity index (χ2v) is 7.83. The van der Waals surface area contributed by atoms with E-state index in [0.717, 1.165) is 19.3 Å². The van der Waals surface area contributed by atoms with Crippen LogP contribution in [0.2, 0.25) is 4.82 Å². The molecule has 0 bridgehead atoms. The number of carbonyl (C=O) groups excluding carboxylic acids is 1. The van der Waals surface area contributed by atoms with Crippen molar-refractivity contribution in [1.29, 1.82) is 0 Å². The third-order valence-corrected chi connectivity index (χ3v) is 6.26. The summed E-state index contributed by atoms with van der Waals surface area (Å²) >= 11 is 0.579. The minimum atomic E-state index is 0.482. The minimum absolute atomic E-state index is 0.482. The van der Waals surface area contributed by atoms with Gasteiger partial charge in [0, 0.05) is 0 Å². The summed E-state index contributed by atoms with van der Waals surface area (Å²) in [6, 6.07) is 8.80. The first-order valence-corrected chi connectivity index (χ1v) is 8.75. The Bertz CT molecular complexity index is 399. The summed E-state index contributed by atoms with van der Waals surface area (Å²) in [5.41, 5.74) is 2.66. The number of anilines is 1. The summed E-state index contributed by atoms with van der Waals surface area (Å²) in [5.74, 6) is 0.482. The Morgan fingerprint density at radius 3 is 2.61 bits per heavy atom. The van der Waals surface area contributed by atoms with Crippen LogP contribution in [0.4, 0.5) is 5.69 Å². The van der Waals surface area contributed by atoms with E-state index in [1.54, 1.807) is 0 Å². The van der Waals surface area contributed by atoms with Gasteiger partial charge >= 0.3 is 116 Å². The Balaban J connectivity index is 1.84. The van der Waals surface area contributed by atoms with Crippen molar-refractivity contribution in [2.75, 3.05) is 19.0 Å². The third kappa shape index (κ3) is 3.86. The topological polar surface area (TPSA) is 20.3 Å². The van der Waals surface area contributed by atoms with Gasteiger partial charge in [0.05, 0.1) is 0 Å². The van der Waals surface area contributed by atoms with Crippen molar-refractivity contribution in [3.8, 4) is 0 Å². The average molecular weight is 310 g/mol. The van der Waals surface area contributed by atoms with Gasteiger partial charge in [0.1, 0.15) is 0 Å². The molecule has 18 heavy (non-hydrogen) atoms. The van der Waals surface area contributed by atoms with Crippen molar-refractivity contribution < 1.29 is 4.79 Å². The number of hydrogen-bond acceptors (Lipinski definition) is 2. The molecule has 0 heterocycles. The molecule has 2 nitrogen and oxygen atoms in total. The quantitative estimate of drug-likeness (QED) is 0.797. The zero-order chi connectivity index (χ0) is 13.0. The summed E-state index contributed by atoms with van der Waals surface area (Å²) in [6.07, 6.45) is 4.05. The van der Waals surface area contributed by atoms with Gasteiger partial charge in [0.15, 0.2) is 0 Å². The summed E-state index contributed by atoms with van der Waals surface area (Å²) in [5, 5.41) is 1.17. The standard InChI is InChI=1S/C15H21NOSe/c1-16(2)13-8-6-12(7-9-13)11-18-15-5-3-4-14(17)10-15/h6-9,15H,3-5,10-11H2,1-2H3. The third-order valence-electron chi connectivity index (χ3n) is 3.38. The molecular weight excluding hydrogens is 289 g/mol. The molecule has 1 atom stereocenters. The van der Waals surface area contributed by atoms with E-state index in [1.807, 2.05) is 0 Å². The molecule has 0 amide bonds. The number of benzene rings is 1. The monoisotopic (exact) mass is 311 g/mol. The Morgan fingerprint density at radius 2 is 2.00 bits per heavy atom. The second-order valence-electron chi connectivity index (χ2n) is 5.13. The molecule has 1 unspecified atom stereocenters. The van der Waals surface area contributed by atoms with Gasteiger partial charge in [-0.2, -0.15) is 0 Å². The van der Waals surface area contributed by atoms with E-state index in [-0.39, 0.29) is 0 Å². The molecule has 2 rings (SSSR count). The number of hydrogen-bond donors (Lipinski definition) is 0. The Hall–Kier alpha value is -0.791. The zero-order valence-corrected chi connectivity index (χ0v) is 12.9. The van der Waals surface area contributed by atoms with Crippen LogP contribution in [0, 0.1) is 0 Å². The SMILES string of the molecule is CN(C)c1ccc(C[Se]C2CCCC(=O)C2)cc1. The van der Waals surface area contributed by atoms with Gasteiger partial charge in [0.2, 0.25) is 0 Å². The van der Waals surface area contributed by atoms with Gasteiger partial charge < -0.3 is 0 Å². The molecule has 1 aromatic carbocycles. The molecule has 0 radical (unpaired) electrons.